The van der Waals surface area contributed by atoms with E-state index in [0.29, 0.717) is 18.0 Å². The first-order valence-electron chi connectivity index (χ1n) is 6.46. The van der Waals surface area contributed by atoms with Crippen LogP contribution in [0.25, 0.3) is 0 Å². The van der Waals surface area contributed by atoms with Crippen molar-refractivity contribution in [3.05, 3.63) is 34.1 Å². The Labute approximate surface area is 126 Å². The Morgan fingerprint density at radius 1 is 1.42 bits per heavy atom. The number of amides is 1. The van der Waals surface area contributed by atoms with Gasteiger partial charge in [-0.3, -0.25) is 4.79 Å². The van der Waals surface area contributed by atoms with Gasteiger partial charge < -0.3 is 4.90 Å². The molecule has 1 amide bonds. The van der Waals surface area contributed by atoms with Crippen LogP contribution in [0.5, 0.6) is 0 Å². The number of nitrogens with zero attached hydrogens (tertiary/aromatic N) is 1. The standard InChI is InChI=1S/C14H16BrClFNO/c15-13-11(6-4-7-12(13)17)14(19)18-8-3-1-2-5-10(18)9-16/h4,6-7,10H,1-3,5,8-9H2. The third-order valence-corrected chi connectivity index (χ3v) is 4.66. The fourth-order valence-electron chi connectivity index (χ4n) is 2.43. The van der Waals surface area contributed by atoms with Crippen molar-refractivity contribution in [2.24, 2.45) is 0 Å². The Bertz CT molecular complexity index is 469. The van der Waals surface area contributed by atoms with Crippen LogP contribution in [0.3, 0.4) is 0 Å². The van der Waals surface area contributed by atoms with Crippen molar-refractivity contribution in [1.82, 2.24) is 4.90 Å². The van der Waals surface area contributed by atoms with E-state index in [-0.39, 0.29) is 16.4 Å². The molecule has 0 aromatic heterocycles. The van der Waals surface area contributed by atoms with E-state index in [1.54, 1.807) is 17.0 Å². The van der Waals surface area contributed by atoms with Crippen LogP contribution in [0.1, 0.15) is 36.0 Å². The number of hydrogen-bond donors (Lipinski definition) is 0. The summed E-state index contributed by atoms with van der Waals surface area (Å²) in [6.45, 7) is 0.694. The zero-order valence-corrected chi connectivity index (χ0v) is 12.9. The zero-order valence-electron chi connectivity index (χ0n) is 10.5. The summed E-state index contributed by atoms with van der Waals surface area (Å²) in [4.78, 5) is 14.4. The molecule has 0 radical (unpaired) electrons. The number of hydrogen-bond acceptors (Lipinski definition) is 1. The van der Waals surface area contributed by atoms with E-state index in [0.717, 1.165) is 25.7 Å². The number of carbonyl (C=O) groups excluding carboxylic acids is 1. The molecule has 0 saturated carbocycles. The lowest BCUT2D eigenvalue weighted by Gasteiger charge is -2.29. The van der Waals surface area contributed by atoms with E-state index in [1.165, 1.54) is 6.07 Å². The fraction of sp³-hybridized carbons (Fsp3) is 0.500. The molecule has 1 aliphatic rings. The predicted octanol–water partition coefficient (Wildman–Crippen LogP) is 4.21. The first kappa shape index (κ1) is 14.8. The Morgan fingerprint density at radius 2 is 2.21 bits per heavy atom. The van der Waals surface area contributed by atoms with Gasteiger partial charge in [-0.1, -0.05) is 18.9 Å². The lowest BCUT2D eigenvalue weighted by molar-refractivity contribution is 0.0699. The Morgan fingerprint density at radius 3 is 2.95 bits per heavy atom. The van der Waals surface area contributed by atoms with E-state index in [9.17, 15) is 9.18 Å². The van der Waals surface area contributed by atoms with Gasteiger partial charge in [-0.2, -0.15) is 0 Å². The highest BCUT2D eigenvalue weighted by Gasteiger charge is 2.27. The topological polar surface area (TPSA) is 20.3 Å². The van der Waals surface area contributed by atoms with Gasteiger partial charge in [-0.25, -0.2) is 4.39 Å². The van der Waals surface area contributed by atoms with E-state index in [2.05, 4.69) is 15.9 Å². The molecule has 19 heavy (non-hydrogen) atoms. The second-order valence-corrected chi connectivity index (χ2v) is 5.86. The van der Waals surface area contributed by atoms with Crippen LogP contribution < -0.4 is 0 Å². The average molecular weight is 349 g/mol. The van der Waals surface area contributed by atoms with Crippen molar-refractivity contribution in [2.45, 2.75) is 31.7 Å². The molecule has 1 atom stereocenters. The first-order valence-corrected chi connectivity index (χ1v) is 7.79. The molecule has 5 heteroatoms. The second-order valence-electron chi connectivity index (χ2n) is 4.76. The van der Waals surface area contributed by atoms with Gasteiger partial charge in [0.2, 0.25) is 0 Å². The summed E-state index contributed by atoms with van der Waals surface area (Å²) >= 11 is 9.12. The number of alkyl halides is 1. The average Bonchev–Trinajstić information content (AvgIpc) is 2.66. The second kappa shape index (κ2) is 6.71. The van der Waals surface area contributed by atoms with Crippen molar-refractivity contribution < 1.29 is 9.18 Å². The smallest absolute Gasteiger partial charge is 0.255 e. The van der Waals surface area contributed by atoms with Crippen molar-refractivity contribution in [2.75, 3.05) is 12.4 Å². The van der Waals surface area contributed by atoms with Crippen molar-refractivity contribution in [1.29, 1.82) is 0 Å². The van der Waals surface area contributed by atoms with Gasteiger partial charge in [0.1, 0.15) is 5.82 Å². The normalized spacial score (nSPS) is 20.2. The molecule has 1 aromatic carbocycles. The maximum absolute atomic E-state index is 13.5. The molecule has 1 saturated heterocycles. The first-order chi connectivity index (χ1) is 9.15. The van der Waals surface area contributed by atoms with Crippen LogP contribution in [0.2, 0.25) is 0 Å². The largest absolute Gasteiger partial charge is 0.334 e. The molecule has 1 fully saturated rings. The molecule has 2 nitrogen and oxygen atoms in total. The molecular formula is C14H16BrClFNO. The third-order valence-electron chi connectivity index (χ3n) is 3.50. The van der Waals surface area contributed by atoms with Gasteiger partial charge in [-0.05, 0) is 40.9 Å². The predicted molar refractivity (Wildman–Crippen MR) is 78.1 cm³/mol. The van der Waals surface area contributed by atoms with Crippen LogP contribution in [0.15, 0.2) is 22.7 Å². The van der Waals surface area contributed by atoms with Crippen molar-refractivity contribution in [3.63, 3.8) is 0 Å². The third kappa shape index (κ3) is 3.29. The molecule has 104 valence electrons. The molecular weight excluding hydrogens is 333 g/mol. The monoisotopic (exact) mass is 347 g/mol. The van der Waals surface area contributed by atoms with E-state index < -0.39 is 5.82 Å². The summed E-state index contributed by atoms with van der Waals surface area (Å²) in [5, 5.41) is 0. The molecule has 1 aromatic rings. The molecule has 0 spiro atoms. The number of rotatable bonds is 2. The number of likely N-dealkylation sites (tertiary alicyclic amines) is 1. The minimum atomic E-state index is -0.414. The van der Waals surface area contributed by atoms with Crippen molar-refractivity contribution in [3.8, 4) is 0 Å². The van der Waals surface area contributed by atoms with Crippen LogP contribution in [-0.2, 0) is 0 Å². The highest BCUT2D eigenvalue weighted by atomic mass is 79.9. The summed E-state index contributed by atoms with van der Waals surface area (Å²) in [5.74, 6) is -0.124. The summed E-state index contributed by atoms with van der Waals surface area (Å²) in [7, 11) is 0. The molecule has 0 bridgehead atoms. The van der Waals surface area contributed by atoms with Crippen molar-refractivity contribution >= 4 is 33.4 Å². The molecule has 1 aliphatic heterocycles. The van der Waals surface area contributed by atoms with Gasteiger partial charge in [-0.15, -0.1) is 11.6 Å². The highest BCUT2D eigenvalue weighted by molar-refractivity contribution is 9.10. The quantitative estimate of drug-likeness (QED) is 0.733. The maximum Gasteiger partial charge on any atom is 0.255 e. The van der Waals surface area contributed by atoms with E-state index in [1.807, 2.05) is 0 Å². The minimum Gasteiger partial charge on any atom is -0.334 e. The lowest BCUT2D eigenvalue weighted by atomic mass is 10.1. The summed E-state index contributed by atoms with van der Waals surface area (Å²) in [5.41, 5.74) is 0.372. The summed E-state index contributed by atoms with van der Waals surface area (Å²) in [6.07, 6.45) is 4.10. The van der Waals surface area contributed by atoms with E-state index in [4.69, 9.17) is 11.6 Å². The van der Waals surface area contributed by atoms with Gasteiger partial charge in [0.05, 0.1) is 10.0 Å². The molecule has 2 rings (SSSR count). The molecule has 1 heterocycles. The van der Waals surface area contributed by atoms with Gasteiger partial charge in [0.25, 0.3) is 5.91 Å². The van der Waals surface area contributed by atoms with Gasteiger partial charge in [0.15, 0.2) is 0 Å². The Balaban J connectivity index is 2.28. The molecule has 0 aliphatic carbocycles. The molecule has 1 unspecified atom stereocenters. The highest BCUT2D eigenvalue weighted by Crippen LogP contribution is 2.25. The van der Waals surface area contributed by atoms with Gasteiger partial charge in [0, 0.05) is 18.5 Å². The van der Waals surface area contributed by atoms with E-state index >= 15 is 0 Å². The van der Waals surface area contributed by atoms with Gasteiger partial charge >= 0.3 is 0 Å². The van der Waals surface area contributed by atoms with Crippen LogP contribution in [-0.4, -0.2) is 29.3 Å². The molecule has 0 N–H and O–H groups in total. The van der Waals surface area contributed by atoms with Crippen LogP contribution >= 0.6 is 27.5 Å². The fourth-order valence-corrected chi connectivity index (χ4v) is 3.18. The van der Waals surface area contributed by atoms with Crippen LogP contribution in [0.4, 0.5) is 4.39 Å². The number of carbonyl (C=O) groups is 1. The SMILES string of the molecule is O=C(c1cccc(F)c1Br)N1CCCCCC1CCl. The number of halogens is 3. The lowest BCUT2D eigenvalue weighted by Crippen LogP contribution is -2.41. The van der Waals surface area contributed by atoms with Crippen LogP contribution in [0, 0.1) is 5.82 Å². The summed E-state index contributed by atoms with van der Waals surface area (Å²) < 4.78 is 13.8. The summed E-state index contributed by atoms with van der Waals surface area (Å²) in [6, 6.07) is 4.58. The minimum absolute atomic E-state index is 0.0480. The number of benzene rings is 1. The Hall–Kier alpha value is -0.610. The maximum atomic E-state index is 13.5. The zero-order chi connectivity index (χ0) is 13.8. The Kier molecular flexibility index (Phi) is 5.22.